The van der Waals surface area contributed by atoms with Gasteiger partial charge in [0.15, 0.2) is 9.84 Å². The number of piperidine rings is 1. The minimum atomic E-state index is -3.56. The van der Waals surface area contributed by atoms with Crippen LogP contribution in [0.5, 0.6) is 0 Å². The molecule has 4 aliphatic carbocycles. The molecular formula is C36H59N5O7S. The van der Waals surface area contributed by atoms with Gasteiger partial charge in [-0.3, -0.25) is 19.2 Å². The number of nitrogens with one attached hydrogen (secondary N) is 4. The molecule has 5 fully saturated rings. The first-order valence-electron chi connectivity index (χ1n) is 18.3. The molecule has 1 saturated heterocycles. The third-order valence-corrected chi connectivity index (χ3v) is 15.0. The van der Waals surface area contributed by atoms with Crippen LogP contribution in [0.1, 0.15) is 120 Å². The molecule has 4 N–H and O–H groups in total. The molecule has 5 amide bonds. The van der Waals surface area contributed by atoms with Crippen molar-refractivity contribution in [3.63, 3.8) is 0 Å². The summed E-state index contributed by atoms with van der Waals surface area (Å²) in [5.74, 6) is -2.55. The largest absolute Gasteiger partial charge is 0.347 e. The Balaban J connectivity index is 1.35. The van der Waals surface area contributed by atoms with Crippen molar-refractivity contribution in [2.45, 2.75) is 154 Å². The molecule has 0 aromatic carbocycles. The fraction of sp³-hybridized carbons (Fsp3) is 0.861. The topological polar surface area (TPSA) is 171 Å². The second-order valence-corrected chi connectivity index (χ2v) is 21.1. The van der Waals surface area contributed by atoms with Gasteiger partial charge >= 0.3 is 6.03 Å². The smallest absolute Gasteiger partial charge is 0.315 e. The molecule has 0 aromatic heterocycles. The van der Waals surface area contributed by atoms with E-state index in [9.17, 15) is 32.4 Å². The van der Waals surface area contributed by atoms with Gasteiger partial charge in [-0.1, -0.05) is 67.2 Å². The number of fused-ring (bicyclic) bond motifs is 1. The lowest BCUT2D eigenvalue weighted by atomic mass is 9.83. The van der Waals surface area contributed by atoms with E-state index in [1.54, 1.807) is 25.7 Å². The lowest BCUT2D eigenvalue weighted by molar-refractivity contribution is -0.146. The molecule has 4 saturated carbocycles. The number of sulfone groups is 1. The number of carbonyl (C=O) groups excluding carboxylic acids is 5. The maximum atomic E-state index is 14.5. The molecule has 0 bridgehead atoms. The van der Waals surface area contributed by atoms with Gasteiger partial charge in [0.1, 0.15) is 17.6 Å². The van der Waals surface area contributed by atoms with Gasteiger partial charge < -0.3 is 26.2 Å². The van der Waals surface area contributed by atoms with E-state index in [1.165, 1.54) is 0 Å². The Morgan fingerprint density at radius 3 is 2.04 bits per heavy atom. The third kappa shape index (κ3) is 7.24. The molecule has 12 nitrogen and oxygen atoms in total. The highest BCUT2D eigenvalue weighted by atomic mass is 32.2. The number of hydrogen-bond donors (Lipinski definition) is 4. The number of amides is 5. The van der Waals surface area contributed by atoms with Crippen molar-refractivity contribution in [1.82, 2.24) is 26.2 Å². The summed E-state index contributed by atoms with van der Waals surface area (Å²) in [5, 5.41) is 11.6. The van der Waals surface area contributed by atoms with E-state index < -0.39 is 72.7 Å². The summed E-state index contributed by atoms with van der Waals surface area (Å²) in [6, 6.07) is -2.49. The first-order valence-corrected chi connectivity index (χ1v) is 19.9. The zero-order valence-corrected chi connectivity index (χ0v) is 31.8. The molecule has 6 atom stereocenters. The molecule has 5 rings (SSSR count). The van der Waals surface area contributed by atoms with Crippen LogP contribution < -0.4 is 21.3 Å². The van der Waals surface area contributed by atoms with Crippen molar-refractivity contribution in [1.29, 1.82) is 0 Å². The van der Waals surface area contributed by atoms with Gasteiger partial charge in [0, 0.05) is 12.6 Å². The lowest BCUT2D eigenvalue weighted by Gasteiger charge is -2.41. The third-order valence-electron chi connectivity index (χ3n) is 12.2. The predicted molar refractivity (Wildman–Crippen MR) is 186 cm³/mol. The van der Waals surface area contributed by atoms with Crippen LogP contribution in [0.15, 0.2) is 0 Å². The van der Waals surface area contributed by atoms with Gasteiger partial charge in [-0.15, -0.1) is 0 Å². The molecule has 13 heteroatoms. The van der Waals surface area contributed by atoms with Crippen molar-refractivity contribution in [2.75, 3.05) is 12.3 Å². The SMILES string of the molecule is CC[C@H]1C[C@]1(NC(=O)[C@@H]1[C@@H]2[C@H](CN1C(=O)[C@@H](NC(=O)NC1(CS(=O)(=O)C(C)(C)C)CCCCC1)C(C)(C)C)C2(C)C)C(=O)C(=O)NC1CC1. The normalized spacial score (nSPS) is 30.8. The van der Waals surface area contributed by atoms with Gasteiger partial charge in [-0.05, 0) is 81.5 Å². The lowest BCUT2D eigenvalue weighted by Crippen LogP contribution is -2.64. The van der Waals surface area contributed by atoms with Crippen LogP contribution in [0.2, 0.25) is 0 Å². The Bertz CT molecular complexity index is 1490. The van der Waals surface area contributed by atoms with Crippen molar-refractivity contribution < 1.29 is 32.4 Å². The molecule has 0 radical (unpaired) electrons. The molecule has 0 spiro atoms. The van der Waals surface area contributed by atoms with E-state index in [1.807, 2.05) is 27.7 Å². The maximum Gasteiger partial charge on any atom is 0.315 e. The van der Waals surface area contributed by atoms with Crippen molar-refractivity contribution >= 4 is 39.4 Å². The Morgan fingerprint density at radius 2 is 1.53 bits per heavy atom. The number of hydrogen-bond acceptors (Lipinski definition) is 7. The van der Waals surface area contributed by atoms with Crippen LogP contribution in [-0.4, -0.2) is 89.1 Å². The average molecular weight is 706 g/mol. The highest BCUT2D eigenvalue weighted by molar-refractivity contribution is 7.92. The molecule has 49 heavy (non-hydrogen) atoms. The monoisotopic (exact) mass is 705 g/mol. The van der Waals surface area contributed by atoms with Crippen molar-refractivity contribution in [3.8, 4) is 0 Å². The van der Waals surface area contributed by atoms with E-state index in [0.29, 0.717) is 32.2 Å². The summed E-state index contributed by atoms with van der Waals surface area (Å²) >= 11 is 0. The van der Waals surface area contributed by atoms with Crippen LogP contribution in [0.25, 0.3) is 0 Å². The molecular weight excluding hydrogens is 646 g/mol. The fourth-order valence-electron chi connectivity index (χ4n) is 8.44. The van der Waals surface area contributed by atoms with Gasteiger partial charge in [-0.25, -0.2) is 13.2 Å². The quantitative estimate of drug-likeness (QED) is 0.239. The minimum Gasteiger partial charge on any atom is -0.347 e. The number of ketones is 1. The molecule has 0 aromatic rings. The van der Waals surface area contributed by atoms with Gasteiger partial charge in [-0.2, -0.15) is 0 Å². The highest BCUT2D eigenvalue weighted by Gasteiger charge is 2.71. The Morgan fingerprint density at radius 1 is 0.918 bits per heavy atom. The molecule has 276 valence electrons. The second-order valence-electron chi connectivity index (χ2n) is 18.3. The molecule has 1 aliphatic heterocycles. The van der Waals surface area contributed by atoms with Crippen LogP contribution >= 0.6 is 0 Å². The van der Waals surface area contributed by atoms with E-state index in [4.69, 9.17) is 0 Å². The number of urea groups is 1. The summed E-state index contributed by atoms with van der Waals surface area (Å²) in [7, 11) is -3.56. The number of rotatable bonds is 11. The summed E-state index contributed by atoms with van der Waals surface area (Å²) in [6.07, 6.45) is 6.25. The van der Waals surface area contributed by atoms with Crippen LogP contribution in [0.4, 0.5) is 4.79 Å². The summed E-state index contributed by atoms with van der Waals surface area (Å²) in [6.45, 7) is 16.9. The first-order chi connectivity index (χ1) is 22.5. The van der Waals surface area contributed by atoms with E-state index in [-0.39, 0.29) is 35.0 Å². The maximum absolute atomic E-state index is 14.5. The van der Waals surface area contributed by atoms with Crippen molar-refractivity contribution in [2.24, 2.45) is 28.6 Å². The number of nitrogens with zero attached hydrogens (tertiary/aromatic N) is 1. The van der Waals surface area contributed by atoms with Gasteiger partial charge in [0.2, 0.25) is 17.6 Å². The van der Waals surface area contributed by atoms with Gasteiger partial charge in [0.05, 0.1) is 16.0 Å². The van der Waals surface area contributed by atoms with Crippen LogP contribution in [0.3, 0.4) is 0 Å². The molecule has 1 heterocycles. The Hall–Kier alpha value is -2.70. The highest BCUT2D eigenvalue weighted by Crippen LogP contribution is 2.65. The Kier molecular flexibility index (Phi) is 9.59. The number of Topliss-reactive ketones (excluding diaryl/α,β-unsaturated/α-hetero) is 1. The zero-order valence-electron chi connectivity index (χ0n) is 31.0. The van der Waals surface area contributed by atoms with Crippen LogP contribution in [-0.2, 0) is 29.0 Å². The average Bonchev–Trinajstić information content (AvgIpc) is 3.93. The van der Waals surface area contributed by atoms with Crippen LogP contribution in [0, 0.1) is 28.6 Å². The number of carbonyl (C=O) groups is 5. The standard InChI is InChI=1S/C36H59N5O7S/c1-10-21-18-36(21,27(42)29(44)37-22-14-15-22)39-28(43)25-24-23(34(24,8)9)19-41(25)30(45)26(32(2,3)4)38-31(46)40-35(16-12-11-13-17-35)20-49(47,48)33(5,6)7/h21-26H,10-20H2,1-9H3,(H,37,44)(H,39,43)(H2,38,40,46)/t21-,23-,24-,25-,26+,36+/m0/s1. The molecule has 0 unspecified atom stereocenters. The molecule has 5 aliphatic rings. The van der Waals surface area contributed by atoms with E-state index in [0.717, 1.165) is 32.1 Å². The number of likely N-dealkylation sites (tertiary alicyclic amines) is 1. The van der Waals surface area contributed by atoms with Gasteiger partial charge in [0.25, 0.3) is 5.91 Å². The summed E-state index contributed by atoms with van der Waals surface area (Å²) in [4.78, 5) is 70.3. The Labute approximate surface area is 292 Å². The zero-order chi connectivity index (χ0) is 36.5. The summed E-state index contributed by atoms with van der Waals surface area (Å²) < 4.78 is 25.6. The first kappa shape index (κ1) is 37.6. The second kappa shape index (κ2) is 12.5. The predicted octanol–water partition coefficient (Wildman–Crippen LogP) is 3.23. The van der Waals surface area contributed by atoms with E-state index >= 15 is 0 Å². The summed E-state index contributed by atoms with van der Waals surface area (Å²) in [5.41, 5.74) is -3.17. The van der Waals surface area contributed by atoms with E-state index in [2.05, 4.69) is 35.1 Å². The fourth-order valence-corrected chi connectivity index (χ4v) is 9.96. The van der Waals surface area contributed by atoms with Crippen molar-refractivity contribution in [3.05, 3.63) is 0 Å². The minimum absolute atomic E-state index is 0.00825.